The van der Waals surface area contributed by atoms with Crippen LogP contribution in [0.3, 0.4) is 0 Å². The molecule has 1 rings (SSSR count). The predicted molar refractivity (Wildman–Crippen MR) is 103 cm³/mol. The van der Waals surface area contributed by atoms with E-state index in [1.165, 1.54) is 103 Å². The van der Waals surface area contributed by atoms with Crippen LogP contribution in [-0.2, 0) is 0 Å². The Balaban J connectivity index is 1.70. The normalized spacial score (nSPS) is 14.2. The van der Waals surface area contributed by atoms with Gasteiger partial charge in [-0.3, -0.25) is 0 Å². The summed E-state index contributed by atoms with van der Waals surface area (Å²) in [7, 11) is 0. The minimum Gasteiger partial charge on any atom is -0.396 e. The van der Waals surface area contributed by atoms with E-state index in [1.54, 1.807) is 5.57 Å². The van der Waals surface area contributed by atoms with Crippen molar-refractivity contribution in [2.24, 2.45) is 0 Å². The number of hydrogen-bond donors (Lipinski definition) is 1. The summed E-state index contributed by atoms with van der Waals surface area (Å²) in [5.41, 5.74) is 1.58. The van der Waals surface area contributed by atoms with E-state index in [0.29, 0.717) is 6.61 Å². The molecule has 1 aliphatic rings. The van der Waals surface area contributed by atoms with Gasteiger partial charge in [0, 0.05) is 6.61 Å². The molecule has 1 heteroatoms. The lowest BCUT2D eigenvalue weighted by Crippen LogP contribution is -1.87. The van der Waals surface area contributed by atoms with Crippen LogP contribution in [0.15, 0.2) is 23.8 Å². The molecule has 1 N–H and O–H groups in total. The highest BCUT2D eigenvalue weighted by atomic mass is 16.2. The topological polar surface area (TPSA) is 20.2 Å². The number of aliphatic hydroxyl groups is 1. The van der Waals surface area contributed by atoms with E-state index in [2.05, 4.69) is 18.2 Å². The number of rotatable bonds is 16. The fourth-order valence-electron chi connectivity index (χ4n) is 3.42. The first-order valence-corrected chi connectivity index (χ1v) is 10.4. The quantitative estimate of drug-likeness (QED) is 0.300. The summed E-state index contributed by atoms with van der Waals surface area (Å²) in [5.74, 6) is 0. The Morgan fingerprint density at radius 1 is 0.609 bits per heavy atom. The Hall–Kier alpha value is -0.560. The SMILES string of the molecule is OCCCCCCCCCCCCCCCCC1=CCCC=C1. The smallest absolute Gasteiger partial charge is 0.0431 e. The van der Waals surface area contributed by atoms with Gasteiger partial charge in [-0.05, 0) is 32.1 Å². The molecule has 0 saturated heterocycles. The number of aliphatic hydroxyl groups excluding tert-OH is 1. The van der Waals surface area contributed by atoms with Gasteiger partial charge >= 0.3 is 0 Å². The molecule has 0 aromatic carbocycles. The molecule has 1 aliphatic carbocycles. The largest absolute Gasteiger partial charge is 0.396 e. The molecule has 0 radical (unpaired) electrons. The van der Waals surface area contributed by atoms with E-state index >= 15 is 0 Å². The average Bonchev–Trinajstić information content (AvgIpc) is 2.59. The molecule has 0 spiro atoms. The van der Waals surface area contributed by atoms with Crippen molar-refractivity contribution in [3.63, 3.8) is 0 Å². The maximum atomic E-state index is 8.71. The molecule has 0 heterocycles. The van der Waals surface area contributed by atoms with Crippen LogP contribution in [0.4, 0.5) is 0 Å². The second kappa shape index (κ2) is 16.3. The van der Waals surface area contributed by atoms with Crippen LogP contribution >= 0.6 is 0 Å². The Morgan fingerprint density at radius 2 is 1.09 bits per heavy atom. The molecule has 0 saturated carbocycles. The van der Waals surface area contributed by atoms with Gasteiger partial charge in [0.2, 0.25) is 0 Å². The van der Waals surface area contributed by atoms with Crippen molar-refractivity contribution in [3.05, 3.63) is 23.8 Å². The molecule has 0 unspecified atom stereocenters. The molecular formula is C22H40O. The van der Waals surface area contributed by atoms with Crippen molar-refractivity contribution in [2.75, 3.05) is 6.61 Å². The first-order chi connectivity index (χ1) is 11.4. The van der Waals surface area contributed by atoms with Crippen molar-refractivity contribution < 1.29 is 5.11 Å². The minimum absolute atomic E-state index is 0.370. The van der Waals surface area contributed by atoms with Gasteiger partial charge in [-0.1, -0.05) is 101 Å². The third-order valence-corrected chi connectivity index (χ3v) is 4.95. The summed E-state index contributed by atoms with van der Waals surface area (Å²) in [6.07, 6.45) is 30.0. The number of unbranched alkanes of at least 4 members (excludes halogenated alkanes) is 13. The monoisotopic (exact) mass is 320 g/mol. The fraction of sp³-hybridized carbons (Fsp3) is 0.818. The minimum atomic E-state index is 0.370. The zero-order chi connectivity index (χ0) is 16.4. The van der Waals surface area contributed by atoms with Crippen LogP contribution in [0.25, 0.3) is 0 Å². The van der Waals surface area contributed by atoms with Crippen molar-refractivity contribution in [2.45, 2.75) is 109 Å². The molecule has 0 aromatic heterocycles. The van der Waals surface area contributed by atoms with Crippen LogP contribution in [0.1, 0.15) is 109 Å². The Kier molecular flexibility index (Phi) is 14.5. The summed E-state index contributed by atoms with van der Waals surface area (Å²) >= 11 is 0. The van der Waals surface area contributed by atoms with Crippen LogP contribution in [0.2, 0.25) is 0 Å². The second-order valence-corrected chi connectivity index (χ2v) is 7.18. The highest BCUT2D eigenvalue weighted by Crippen LogP contribution is 2.18. The van der Waals surface area contributed by atoms with Gasteiger partial charge in [-0.25, -0.2) is 0 Å². The fourth-order valence-corrected chi connectivity index (χ4v) is 3.42. The van der Waals surface area contributed by atoms with Gasteiger partial charge in [-0.2, -0.15) is 0 Å². The molecule has 0 bridgehead atoms. The first kappa shape index (κ1) is 20.5. The maximum absolute atomic E-state index is 8.71. The van der Waals surface area contributed by atoms with E-state index in [0.717, 1.165) is 6.42 Å². The van der Waals surface area contributed by atoms with Crippen LogP contribution < -0.4 is 0 Å². The molecule has 0 amide bonds. The third-order valence-electron chi connectivity index (χ3n) is 4.95. The Labute approximate surface area is 145 Å². The first-order valence-electron chi connectivity index (χ1n) is 10.4. The van der Waals surface area contributed by atoms with E-state index < -0.39 is 0 Å². The average molecular weight is 321 g/mol. The van der Waals surface area contributed by atoms with Crippen molar-refractivity contribution >= 4 is 0 Å². The van der Waals surface area contributed by atoms with Gasteiger partial charge in [0.1, 0.15) is 0 Å². The standard InChI is InChI=1S/C22H40O/c23-21-17-12-10-8-6-4-2-1-3-5-7-9-11-14-18-22-19-15-13-16-20-22/h15,19-20,23H,1-14,16-18,21H2. The van der Waals surface area contributed by atoms with Gasteiger partial charge < -0.3 is 5.11 Å². The van der Waals surface area contributed by atoms with Crippen molar-refractivity contribution in [1.82, 2.24) is 0 Å². The van der Waals surface area contributed by atoms with E-state index in [1.807, 2.05) is 0 Å². The molecule has 0 aliphatic heterocycles. The summed E-state index contributed by atoms with van der Waals surface area (Å²) in [6, 6.07) is 0. The number of allylic oxidation sites excluding steroid dienone is 4. The molecule has 0 fully saturated rings. The maximum Gasteiger partial charge on any atom is 0.0431 e. The Morgan fingerprint density at radius 3 is 1.52 bits per heavy atom. The highest BCUT2D eigenvalue weighted by molar-refractivity contribution is 5.21. The van der Waals surface area contributed by atoms with E-state index in [-0.39, 0.29) is 0 Å². The molecule has 0 atom stereocenters. The lowest BCUT2D eigenvalue weighted by Gasteiger charge is -2.06. The van der Waals surface area contributed by atoms with Crippen LogP contribution in [0.5, 0.6) is 0 Å². The second-order valence-electron chi connectivity index (χ2n) is 7.18. The molecule has 23 heavy (non-hydrogen) atoms. The van der Waals surface area contributed by atoms with E-state index in [9.17, 15) is 0 Å². The summed E-state index contributed by atoms with van der Waals surface area (Å²) < 4.78 is 0. The van der Waals surface area contributed by atoms with E-state index in [4.69, 9.17) is 5.11 Å². The van der Waals surface area contributed by atoms with Gasteiger partial charge in [0.15, 0.2) is 0 Å². The molecule has 0 aromatic rings. The Bertz CT molecular complexity index is 303. The lowest BCUT2D eigenvalue weighted by atomic mass is 10.00. The zero-order valence-electron chi connectivity index (χ0n) is 15.4. The highest BCUT2D eigenvalue weighted by Gasteiger charge is 1.98. The van der Waals surface area contributed by atoms with Crippen LogP contribution in [0, 0.1) is 0 Å². The summed E-state index contributed by atoms with van der Waals surface area (Å²) in [5, 5.41) is 8.71. The summed E-state index contributed by atoms with van der Waals surface area (Å²) in [6.45, 7) is 0.370. The van der Waals surface area contributed by atoms with Gasteiger partial charge in [-0.15, -0.1) is 0 Å². The van der Waals surface area contributed by atoms with Crippen molar-refractivity contribution in [3.8, 4) is 0 Å². The lowest BCUT2D eigenvalue weighted by molar-refractivity contribution is 0.282. The third kappa shape index (κ3) is 13.6. The molecular weight excluding hydrogens is 280 g/mol. The summed E-state index contributed by atoms with van der Waals surface area (Å²) in [4.78, 5) is 0. The zero-order valence-corrected chi connectivity index (χ0v) is 15.4. The van der Waals surface area contributed by atoms with Gasteiger partial charge in [0.25, 0.3) is 0 Å². The molecule has 134 valence electrons. The predicted octanol–water partition coefficient (Wildman–Crippen LogP) is 7.11. The van der Waals surface area contributed by atoms with Crippen molar-refractivity contribution in [1.29, 1.82) is 0 Å². The van der Waals surface area contributed by atoms with Gasteiger partial charge in [0.05, 0.1) is 0 Å². The van der Waals surface area contributed by atoms with Crippen LogP contribution in [-0.4, -0.2) is 11.7 Å². The number of hydrogen-bond acceptors (Lipinski definition) is 1. The molecule has 1 nitrogen and oxygen atoms in total.